The molecule has 0 N–H and O–H groups in total. The van der Waals surface area contributed by atoms with Crippen molar-refractivity contribution in [3.05, 3.63) is 154 Å². The lowest BCUT2D eigenvalue weighted by Crippen LogP contribution is -2.38. The highest BCUT2D eigenvalue weighted by Crippen LogP contribution is 2.26. The van der Waals surface area contributed by atoms with Crippen LogP contribution in [-0.4, -0.2) is 26.9 Å². The van der Waals surface area contributed by atoms with E-state index in [-0.39, 0.29) is 11.5 Å². The third kappa shape index (κ3) is 5.34. The molecule has 0 bridgehead atoms. The lowest BCUT2D eigenvalue weighted by molar-refractivity contribution is 0.0684. The molecule has 0 radical (unpaired) electrons. The largest absolute Gasteiger partial charge is 0.328 e. The molecule has 42 heavy (non-hydrogen) atoms. The van der Waals surface area contributed by atoms with Crippen molar-refractivity contribution in [2.45, 2.75) is 32.7 Å². The fourth-order valence-electron chi connectivity index (χ4n) is 5.55. The molecule has 6 rings (SSSR count). The normalized spacial score (nSPS) is 12.0. The molecule has 0 saturated heterocycles. The monoisotopic (exact) mass is 551 g/mol. The minimum absolute atomic E-state index is 0.0977. The Balaban J connectivity index is 1.48. The minimum Gasteiger partial charge on any atom is -0.328 e. The SMILES string of the molecule is CCc1ccc(-n2c(C(C)N(CCc3ccccc3)C(=O)c3ccc4ccccc4c3)nc3ccccc3c2=O)cc1. The zero-order chi connectivity index (χ0) is 29.1. The molecule has 0 aliphatic rings. The van der Waals surface area contributed by atoms with Gasteiger partial charge in [-0.2, -0.15) is 0 Å². The highest BCUT2D eigenvalue weighted by atomic mass is 16.2. The van der Waals surface area contributed by atoms with Crippen LogP contribution in [0, 0.1) is 0 Å². The summed E-state index contributed by atoms with van der Waals surface area (Å²) in [7, 11) is 0. The molecule has 5 nitrogen and oxygen atoms in total. The lowest BCUT2D eigenvalue weighted by Gasteiger charge is -2.31. The van der Waals surface area contributed by atoms with Crippen LogP contribution in [-0.2, 0) is 12.8 Å². The van der Waals surface area contributed by atoms with Crippen molar-refractivity contribution in [2.24, 2.45) is 0 Å². The molecule has 1 unspecified atom stereocenters. The van der Waals surface area contributed by atoms with Gasteiger partial charge in [0.15, 0.2) is 0 Å². The summed E-state index contributed by atoms with van der Waals surface area (Å²) in [4.78, 5) is 35.2. The third-order valence-corrected chi connectivity index (χ3v) is 7.99. The fraction of sp³-hybridized carbons (Fsp3) is 0.162. The van der Waals surface area contributed by atoms with Crippen LogP contribution < -0.4 is 5.56 Å². The molecule has 1 amide bonds. The Morgan fingerprint density at radius 3 is 2.24 bits per heavy atom. The molecule has 5 heteroatoms. The maximum Gasteiger partial charge on any atom is 0.266 e. The second-order valence-electron chi connectivity index (χ2n) is 10.6. The number of fused-ring (bicyclic) bond motifs is 2. The summed E-state index contributed by atoms with van der Waals surface area (Å²) in [5.41, 5.74) is 4.14. The first-order chi connectivity index (χ1) is 20.5. The Labute approximate surface area is 245 Å². The zero-order valence-electron chi connectivity index (χ0n) is 23.9. The molecule has 1 aromatic heterocycles. The van der Waals surface area contributed by atoms with E-state index in [1.54, 1.807) is 4.57 Å². The number of hydrogen-bond acceptors (Lipinski definition) is 3. The van der Waals surface area contributed by atoms with Gasteiger partial charge in [-0.15, -0.1) is 0 Å². The number of aromatic nitrogens is 2. The number of carbonyl (C=O) groups excluding carboxylic acids is 1. The summed E-state index contributed by atoms with van der Waals surface area (Å²) in [5.74, 6) is 0.435. The van der Waals surface area contributed by atoms with Gasteiger partial charge in [0.2, 0.25) is 0 Å². The van der Waals surface area contributed by atoms with E-state index in [4.69, 9.17) is 4.98 Å². The molecule has 6 aromatic rings. The average molecular weight is 552 g/mol. The van der Waals surface area contributed by atoms with Crippen molar-refractivity contribution in [1.82, 2.24) is 14.5 Å². The molecule has 0 spiro atoms. The van der Waals surface area contributed by atoms with Crippen molar-refractivity contribution in [1.29, 1.82) is 0 Å². The number of amides is 1. The van der Waals surface area contributed by atoms with E-state index in [1.807, 2.05) is 121 Å². The van der Waals surface area contributed by atoms with E-state index in [9.17, 15) is 9.59 Å². The van der Waals surface area contributed by atoms with Crippen molar-refractivity contribution in [3.63, 3.8) is 0 Å². The maximum absolute atomic E-state index is 14.3. The maximum atomic E-state index is 14.3. The van der Waals surface area contributed by atoms with Gasteiger partial charge in [0.1, 0.15) is 5.82 Å². The Kier molecular flexibility index (Phi) is 7.65. The predicted octanol–water partition coefficient (Wildman–Crippen LogP) is 7.55. The van der Waals surface area contributed by atoms with Gasteiger partial charge in [-0.3, -0.25) is 14.2 Å². The van der Waals surface area contributed by atoms with Crippen molar-refractivity contribution in [3.8, 4) is 5.69 Å². The van der Waals surface area contributed by atoms with Crippen LogP contribution in [0.5, 0.6) is 0 Å². The van der Waals surface area contributed by atoms with E-state index in [0.29, 0.717) is 35.3 Å². The number of nitrogens with zero attached hydrogens (tertiary/aromatic N) is 3. The first kappa shape index (κ1) is 27.2. The Morgan fingerprint density at radius 2 is 1.48 bits per heavy atom. The highest BCUT2D eigenvalue weighted by Gasteiger charge is 2.28. The molecule has 1 heterocycles. The first-order valence-corrected chi connectivity index (χ1v) is 14.5. The van der Waals surface area contributed by atoms with E-state index >= 15 is 0 Å². The number of aryl methyl sites for hydroxylation is 1. The van der Waals surface area contributed by atoms with Crippen molar-refractivity contribution < 1.29 is 4.79 Å². The summed E-state index contributed by atoms with van der Waals surface area (Å²) in [6, 6.07) is 38.9. The molecule has 0 saturated carbocycles. The minimum atomic E-state index is -0.490. The first-order valence-electron chi connectivity index (χ1n) is 14.5. The molecule has 0 aliphatic carbocycles. The number of carbonyl (C=O) groups is 1. The fourth-order valence-corrected chi connectivity index (χ4v) is 5.55. The van der Waals surface area contributed by atoms with Gasteiger partial charge in [0, 0.05) is 12.1 Å². The average Bonchev–Trinajstić information content (AvgIpc) is 3.05. The summed E-state index contributed by atoms with van der Waals surface area (Å²) < 4.78 is 1.68. The quantitative estimate of drug-likeness (QED) is 0.196. The second kappa shape index (κ2) is 11.8. The Hall–Kier alpha value is -5.03. The van der Waals surface area contributed by atoms with Crippen LogP contribution in [0.2, 0.25) is 0 Å². The molecular formula is C37H33N3O2. The lowest BCUT2D eigenvalue weighted by atomic mass is 10.0. The summed E-state index contributed by atoms with van der Waals surface area (Å²) in [5, 5.41) is 2.64. The Bertz CT molecular complexity index is 1930. The van der Waals surface area contributed by atoms with E-state index in [1.165, 1.54) is 5.56 Å². The number of para-hydroxylation sites is 1. The van der Waals surface area contributed by atoms with Gasteiger partial charge in [-0.1, -0.05) is 91.9 Å². The van der Waals surface area contributed by atoms with Gasteiger partial charge in [-0.05, 0) is 78.1 Å². The van der Waals surface area contributed by atoms with Gasteiger partial charge in [-0.25, -0.2) is 4.98 Å². The van der Waals surface area contributed by atoms with Crippen LogP contribution in [0.3, 0.4) is 0 Å². The molecule has 0 fully saturated rings. The number of benzene rings is 5. The smallest absolute Gasteiger partial charge is 0.266 e. The number of hydrogen-bond donors (Lipinski definition) is 0. The molecule has 1 atom stereocenters. The topological polar surface area (TPSA) is 55.2 Å². The molecule has 5 aromatic carbocycles. The van der Waals surface area contributed by atoms with Gasteiger partial charge in [0.25, 0.3) is 11.5 Å². The summed E-state index contributed by atoms with van der Waals surface area (Å²) >= 11 is 0. The number of rotatable bonds is 8. The van der Waals surface area contributed by atoms with Crippen molar-refractivity contribution in [2.75, 3.05) is 6.54 Å². The standard InChI is InChI=1S/C37H33N3O2/c1-3-27-17-21-32(22-18-27)40-35(38-34-16-10-9-15-33(34)37(40)42)26(2)39(24-23-28-11-5-4-6-12-28)36(41)31-20-19-29-13-7-8-14-30(29)25-31/h4-22,25-26H,3,23-24H2,1-2H3. The molecule has 0 aliphatic heterocycles. The van der Waals surface area contributed by atoms with Crippen LogP contribution in [0.15, 0.2) is 126 Å². The van der Waals surface area contributed by atoms with Crippen LogP contribution in [0.4, 0.5) is 0 Å². The van der Waals surface area contributed by atoms with E-state index in [2.05, 4.69) is 19.1 Å². The summed E-state index contributed by atoms with van der Waals surface area (Å²) in [6.07, 6.45) is 1.58. The van der Waals surface area contributed by atoms with E-state index < -0.39 is 6.04 Å². The molecule has 208 valence electrons. The predicted molar refractivity (Wildman–Crippen MR) is 170 cm³/mol. The Morgan fingerprint density at radius 1 is 0.786 bits per heavy atom. The van der Waals surface area contributed by atoms with Gasteiger partial charge in [0.05, 0.1) is 22.6 Å². The van der Waals surface area contributed by atoms with Crippen molar-refractivity contribution >= 4 is 27.6 Å². The van der Waals surface area contributed by atoms with Crippen LogP contribution in [0.25, 0.3) is 27.4 Å². The van der Waals surface area contributed by atoms with E-state index in [0.717, 1.165) is 28.4 Å². The highest BCUT2D eigenvalue weighted by molar-refractivity contribution is 5.98. The summed E-state index contributed by atoms with van der Waals surface area (Å²) in [6.45, 7) is 4.54. The zero-order valence-corrected chi connectivity index (χ0v) is 23.9. The van der Waals surface area contributed by atoms with Gasteiger partial charge < -0.3 is 4.90 Å². The molecular weight excluding hydrogens is 518 g/mol. The van der Waals surface area contributed by atoms with Gasteiger partial charge >= 0.3 is 0 Å². The third-order valence-electron chi connectivity index (χ3n) is 7.99. The van der Waals surface area contributed by atoms with Crippen LogP contribution in [0.1, 0.15) is 47.2 Å². The van der Waals surface area contributed by atoms with Crippen LogP contribution >= 0.6 is 0 Å². The second-order valence-corrected chi connectivity index (χ2v) is 10.6.